The van der Waals surface area contributed by atoms with Gasteiger partial charge in [0.2, 0.25) is 0 Å². The van der Waals surface area contributed by atoms with Gasteiger partial charge in [0.05, 0.1) is 6.04 Å². The molecule has 86 valence electrons. The van der Waals surface area contributed by atoms with Gasteiger partial charge in [-0.05, 0) is 26.3 Å². The molecule has 0 aliphatic rings. The van der Waals surface area contributed by atoms with Gasteiger partial charge in [0.25, 0.3) is 0 Å². The molecule has 1 heterocycles. The van der Waals surface area contributed by atoms with Crippen LogP contribution in [0, 0.1) is 0 Å². The highest BCUT2D eigenvalue weighted by molar-refractivity contribution is 4.94. The lowest BCUT2D eigenvalue weighted by molar-refractivity contribution is 0.431. The zero-order chi connectivity index (χ0) is 11.3. The van der Waals surface area contributed by atoms with E-state index in [4.69, 9.17) is 5.73 Å². The number of nitrogens with zero attached hydrogens (tertiary/aromatic N) is 3. The van der Waals surface area contributed by atoms with E-state index in [2.05, 4.69) is 35.5 Å². The second kappa shape index (κ2) is 5.85. The van der Waals surface area contributed by atoms with Crippen molar-refractivity contribution in [1.29, 1.82) is 0 Å². The summed E-state index contributed by atoms with van der Waals surface area (Å²) in [5, 5.41) is 4.52. The average Bonchev–Trinajstić information content (AvgIpc) is 2.69. The minimum atomic E-state index is 0.413. The summed E-state index contributed by atoms with van der Waals surface area (Å²) in [5.74, 6) is 2.04. The minimum Gasteiger partial charge on any atom is -0.330 e. The molecule has 0 fully saturated rings. The molecule has 1 aromatic heterocycles. The largest absolute Gasteiger partial charge is 0.330 e. The van der Waals surface area contributed by atoms with Gasteiger partial charge in [0, 0.05) is 12.8 Å². The standard InChI is InChI=1S/C11H22N4/c1-4-10-13-11(5-2)15(14-10)9(3)7-6-8-12/h9H,4-8,12H2,1-3H3. The maximum absolute atomic E-state index is 5.51. The number of aromatic nitrogens is 3. The molecule has 1 rings (SSSR count). The number of rotatable bonds is 6. The van der Waals surface area contributed by atoms with Crippen LogP contribution in [0.3, 0.4) is 0 Å². The Morgan fingerprint density at radius 3 is 2.60 bits per heavy atom. The van der Waals surface area contributed by atoms with Gasteiger partial charge in [-0.1, -0.05) is 13.8 Å². The molecule has 15 heavy (non-hydrogen) atoms. The lowest BCUT2D eigenvalue weighted by atomic mass is 10.2. The second-order valence-corrected chi connectivity index (χ2v) is 3.88. The lowest BCUT2D eigenvalue weighted by Gasteiger charge is -2.13. The van der Waals surface area contributed by atoms with Gasteiger partial charge in [-0.25, -0.2) is 9.67 Å². The molecule has 1 atom stereocenters. The van der Waals surface area contributed by atoms with Crippen LogP contribution >= 0.6 is 0 Å². The Bertz CT molecular complexity index is 293. The Labute approximate surface area is 91.9 Å². The summed E-state index contributed by atoms with van der Waals surface area (Å²) in [6, 6.07) is 0.413. The normalized spacial score (nSPS) is 13.1. The molecule has 4 nitrogen and oxygen atoms in total. The van der Waals surface area contributed by atoms with Crippen LogP contribution < -0.4 is 5.73 Å². The molecular formula is C11H22N4. The second-order valence-electron chi connectivity index (χ2n) is 3.88. The topological polar surface area (TPSA) is 56.7 Å². The van der Waals surface area contributed by atoms with E-state index in [9.17, 15) is 0 Å². The molecule has 0 bridgehead atoms. The van der Waals surface area contributed by atoms with Gasteiger partial charge in [-0.15, -0.1) is 0 Å². The van der Waals surface area contributed by atoms with Gasteiger partial charge in [-0.3, -0.25) is 0 Å². The molecule has 0 saturated carbocycles. The molecule has 2 N–H and O–H groups in total. The van der Waals surface area contributed by atoms with E-state index >= 15 is 0 Å². The van der Waals surface area contributed by atoms with E-state index in [1.807, 2.05) is 0 Å². The number of nitrogens with two attached hydrogens (primary N) is 1. The number of aryl methyl sites for hydroxylation is 2. The van der Waals surface area contributed by atoms with Crippen molar-refractivity contribution in [2.45, 2.75) is 52.5 Å². The molecule has 0 aliphatic carbocycles. The summed E-state index contributed by atoms with van der Waals surface area (Å²) in [7, 11) is 0. The van der Waals surface area contributed by atoms with Crippen molar-refractivity contribution in [2.75, 3.05) is 6.54 Å². The van der Waals surface area contributed by atoms with E-state index < -0.39 is 0 Å². The lowest BCUT2D eigenvalue weighted by Crippen LogP contribution is -2.12. The number of hydrogen-bond acceptors (Lipinski definition) is 3. The Hall–Kier alpha value is -0.900. The van der Waals surface area contributed by atoms with E-state index in [1.54, 1.807) is 0 Å². The van der Waals surface area contributed by atoms with Crippen LogP contribution in [-0.4, -0.2) is 21.3 Å². The monoisotopic (exact) mass is 210 g/mol. The first-order valence-electron chi connectivity index (χ1n) is 5.87. The molecule has 1 unspecified atom stereocenters. The Kier molecular flexibility index (Phi) is 4.75. The molecule has 0 saturated heterocycles. The zero-order valence-electron chi connectivity index (χ0n) is 10.0. The van der Waals surface area contributed by atoms with Crippen molar-refractivity contribution in [3.8, 4) is 0 Å². The summed E-state index contributed by atoms with van der Waals surface area (Å²) in [6.07, 6.45) is 3.98. The molecular weight excluding hydrogens is 188 g/mol. The van der Waals surface area contributed by atoms with Crippen molar-refractivity contribution in [3.05, 3.63) is 11.6 Å². The third-order valence-electron chi connectivity index (χ3n) is 2.62. The first-order chi connectivity index (χ1) is 7.22. The fourth-order valence-corrected chi connectivity index (χ4v) is 1.68. The molecule has 0 spiro atoms. The third-order valence-corrected chi connectivity index (χ3v) is 2.62. The SMILES string of the molecule is CCc1nc(CC)n(C(C)CCCN)n1. The van der Waals surface area contributed by atoms with Crippen LogP contribution in [0.4, 0.5) is 0 Å². The van der Waals surface area contributed by atoms with Gasteiger partial charge in [-0.2, -0.15) is 5.10 Å². The van der Waals surface area contributed by atoms with E-state index in [0.29, 0.717) is 6.04 Å². The quantitative estimate of drug-likeness (QED) is 0.777. The Balaban J connectivity index is 2.76. The van der Waals surface area contributed by atoms with E-state index in [1.165, 1.54) is 0 Å². The molecule has 4 heteroatoms. The Morgan fingerprint density at radius 1 is 1.33 bits per heavy atom. The highest BCUT2D eigenvalue weighted by Gasteiger charge is 2.12. The molecule has 0 aliphatic heterocycles. The van der Waals surface area contributed by atoms with Crippen LogP contribution in [0.2, 0.25) is 0 Å². The summed E-state index contributed by atoms with van der Waals surface area (Å²) in [4.78, 5) is 4.50. The maximum Gasteiger partial charge on any atom is 0.150 e. The highest BCUT2D eigenvalue weighted by atomic mass is 15.4. The van der Waals surface area contributed by atoms with Crippen molar-refractivity contribution in [2.24, 2.45) is 5.73 Å². The first kappa shape index (κ1) is 12.2. The van der Waals surface area contributed by atoms with Gasteiger partial charge in [0.1, 0.15) is 5.82 Å². The van der Waals surface area contributed by atoms with Crippen LogP contribution in [0.15, 0.2) is 0 Å². The molecule has 0 aromatic carbocycles. The molecule has 1 aromatic rings. The Morgan fingerprint density at radius 2 is 2.07 bits per heavy atom. The van der Waals surface area contributed by atoms with Crippen LogP contribution in [0.25, 0.3) is 0 Å². The van der Waals surface area contributed by atoms with Crippen molar-refractivity contribution < 1.29 is 0 Å². The van der Waals surface area contributed by atoms with Gasteiger partial charge >= 0.3 is 0 Å². The van der Waals surface area contributed by atoms with Crippen LogP contribution in [-0.2, 0) is 12.8 Å². The average molecular weight is 210 g/mol. The summed E-state index contributed by atoms with van der Waals surface area (Å²) in [5.41, 5.74) is 5.51. The maximum atomic E-state index is 5.51. The third kappa shape index (κ3) is 3.02. The smallest absolute Gasteiger partial charge is 0.150 e. The predicted molar refractivity (Wildman–Crippen MR) is 61.8 cm³/mol. The fraction of sp³-hybridized carbons (Fsp3) is 0.818. The van der Waals surface area contributed by atoms with Gasteiger partial charge in [0.15, 0.2) is 5.82 Å². The summed E-state index contributed by atoms with van der Waals surface area (Å²) < 4.78 is 2.06. The van der Waals surface area contributed by atoms with Crippen molar-refractivity contribution in [3.63, 3.8) is 0 Å². The highest BCUT2D eigenvalue weighted by Crippen LogP contribution is 2.14. The predicted octanol–water partition coefficient (Wildman–Crippen LogP) is 1.70. The first-order valence-corrected chi connectivity index (χ1v) is 5.87. The van der Waals surface area contributed by atoms with Crippen LogP contribution in [0.5, 0.6) is 0 Å². The minimum absolute atomic E-state index is 0.413. The van der Waals surface area contributed by atoms with Gasteiger partial charge < -0.3 is 5.73 Å². The summed E-state index contributed by atoms with van der Waals surface area (Å²) >= 11 is 0. The van der Waals surface area contributed by atoms with Crippen molar-refractivity contribution in [1.82, 2.24) is 14.8 Å². The van der Waals surface area contributed by atoms with E-state index in [-0.39, 0.29) is 0 Å². The molecule has 0 amide bonds. The van der Waals surface area contributed by atoms with E-state index in [0.717, 1.165) is 43.9 Å². The summed E-state index contributed by atoms with van der Waals surface area (Å²) in [6.45, 7) is 7.14. The van der Waals surface area contributed by atoms with Crippen LogP contribution in [0.1, 0.15) is 51.3 Å². The zero-order valence-corrected chi connectivity index (χ0v) is 10.0. The number of hydrogen-bond donors (Lipinski definition) is 1. The fourth-order valence-electron chi connectivity index (χ4n) is 1.68. The molecule has 0 radical (unpaired) electrons. The van der Waals surface area contributed by atoms with Crippen molar-refractivity contribution >= 4 is 0 Å².